The first-order valence-corrected chi connectivity index (χ1v) is 11.8. The van der Waals surface area contributed by atoms with E-state index in [0.717, 1.165) is 17.8 Å². The van der Waals surface area contributed by atoms with Crippen molar-refractivity contribution in [1.82, 2.24) is 0 Å². The molecule has 3 rings (SSSR count). The Balaban J connectivity index is 1.96. The molecular weight excluding hydrogens is 324 g/mol. The van der Waals surface area contributed by atoms with E-state index in [4.69, 9.17) is 0 Å². The highest BCUT2D eigenvalue weighted by Gasteiger charge is 2.51. The molecule has 152 valence electrons. The van der Waals surface area contributed by atoms with Crippen LogP contribution in [-0.2, 0) is 10.8 Å². The van der Waals surface area contributed by atoms with Gasteiger partial charge in [0.2, 0.25) is 0 Å². The average molecular weight is 369 g/mol. The molecule has 3 atom stereocenters. The largest absolute Gasteiger partial charge is 0.0649 e. The smallest absolute Gasteiger partial charge is 0.00664 e. The van der Waals surface area contributed by atoms with Crippen LogP contribution in [0.25, 0.3) is 0 Å². The van der Waals surface area contributed by atoms with E-state index in [2.05, 4.69) is 73.6 Å². The molecular formula is C27H44. The normalized spacial score (nSPS) is 27.3. The van der Waals surface area contributed by atoms with Gasteiger partial charge in [0.25, 0.3) is 0 Å². The van der Waals surface area contributed by atoms with Gasteiger partial charge in [-0.1, -0.05) is 86.4 Å². The number of benzene rings is 1. The molecule has 0 amide bonds. The summed E-state index contributed by atoms with van der Waals surface area (Å²) in [6, 6.07) is 7.62. The van der Waals surface area contributed by atoms with Crippen LogP contribution < -0.4 is 0 Å². The van der Waals surface area contributed by atoms with Crippen molar-refractivity contribution in [2.45, 2.75) is 117 Å². The van der Waals surface area contributed by atoms with Crippen molar-refractivity contribution >= 4 is 0 Å². The Labute approximate surface area is 169 Å². The Bertz CT molecular complexity index is 657. The Morgan fingerprint density at radius 1 is 0.926 bits per heavy atom. The number of fused-ring (bicyclic) bond motifs is 3. The van der Waals surface area contributed by atoms with Crippen LogP contribution in [0, 0.1) is 17.3 Å². The molecule has 2 aliphatic carbocycles. The molecule has 1 fully saturated rings. The molecule has 0 heterocycles. The van der Waals surface area contributed by atoms with Gasteiger partial charge in [-0.15, -0.1) is 0 Å². The van der Waals surface area contributed by atoms with Crippen molar-refractivity contribution in [2.75, 3.05) is 0 Å². The lowest BCUT2D eigenvalue weighted by molar-refractivity contribution is 0.0705. The summed E-state index contributed by atoms with van der Waals surface area (Å²) in [5.74, 6) is 2.53. The lowest BCUT2D eigenvalue weighted by atomic mass is 9.59. The summed E-state index contributed by atoms with van der Waals surface area (Å²) in [6.45, 7) is 19.6. The van der Waals surface area contributed by atoms with Crippen LogP contribution >= 0.6 is 0 Å². The molecule has 0 aromatic heterocycles. The molecule has 0 radical (unpaired) electrons. The second-order valence-corrected chi connectivity index (χ2v) is 10.9. The topological polar surface area (TPSA) is 0 Å². The fraction of sp³-hybridized carbons (Fsp3) is 0.778. The zero-order valence-corrected chi connectivity index (χ0v) is 19.4. The first-order valence-electron chi connectivity index (χ1n) is 11.8. The zero-order chi connectivity index (χ0) is 20.0. The summed E-state index contributed by atoms with van der Waals surface area (Å²) < 4.78 is 0. The van der Waals surface area contributed by atoms with Crippen LogP contribution in [0.3, 0.4) is 0 Å². The van der Waals surface area contributed by atoms with Gasteiger partial charge >= 0.3 is 0 Å². The van der Waals surface area contributed by atoms with Crippen LogP contribution in [0.5, 0.6) is 0 Å². The van der Waals surface area contributed by atoms with Gasteiger partial charge in [0.1, 0.15) is 0 Å². The summed E-state index contributed by atoms with van der Waals surface area (Å²) >= 11 is 0. The van der Waals surface area contributed by atoms with E-state index in [9.17, 15) is 0 Å². The minimum atomic E-state index is 0.319. The fourth-order valence-corrected chi connectivity index (χ4v) is 6.47. The highest BCUT2D eigenvalue weighted by Crippen LogP contribution is 2.60. The third kappa shape index (κ3) is 3.20. The van der Waals surface area contributed by atoms with Crippen molar-refractivity contribution in [1.29, 1.82) is 0 Å². The van der Waals surface area contributed by atoms with Gasteiger partial charge in [-0.25, -0.2) is 0 Å². The molecule has 0 N–H and O–H groups in total. The molecule has 27 heavy (non-hydrogen) atoms. The van der Waals surface area contributed by atoms with Crippen LogP contribution in [0.1, 0.15) is 123 Å². The van der Waals surface area contributed by atoms with E-state index in [0.29, 0.717) is 16.2 Å². The maximum absolute atomic E-state index is 2.62. The lowest BCUT2D eigenvalue weighted by Gasteiger charge is -2.46. The molecule has 0 saturated heterocycles. The minimum Gasteiger partial charge on any atom is -0.0649 e. The molecule has 0 spiro atoms. The molecule has 3 unspecified atom stereocenters. The minimum absolute atomic E-state index is 0.319. The molecule has 2 aliphatic rings. The van der Waals surface area contributed by atoms with E-state index in [1.165, 1.54) is 44.9 Å². The van der Waals surface area contributed by atoms with E-state index >= 15 is 0 Å². The molecule has 0 heteroatoms. The summed E-state index contributed by atoms with van der Waals surface area (Å²) in [5, 5.41) is 0. The van der Waals surface area contributed by atoms with Gasteiger partial charge in [-0.2, -0.15) is 0 Å². The Morgan fingerprint density at radius 3 is 2.11 bits per heavy atom. The third-order valence-corrected chi connectivity index (χ3v) is 9.78. The summed E-state index contributed by atoms with van der Waals surface area (Å²) in [5.41, 5.74) is 6.12. The van der Waals surface area contributed by atoms with E-state index in [1.54, 1.807) is 16.7 Å². The second kappa shape index (κ2) is 7.23. The van der Waals surface area contributed by atoms with Crippen LogP contribution in [0.4, 0.5) is 0 Å². The Morgan fingerprint density at radius 2 is 1.56 bits per heavy atom. The van der Waals surface area contributed by atoms with Crippen LogP contribution in [-0.4, -0.2) is 0 Å². The van der Waals surface area contributed by atoms with Crippen LogP contribution in [0.2, 0.25) is 0 Å². The summed E-state index contributed by atoms with van der Waals surface area (Å²) in [4.78, 5) is 0. The van der Waals surface area contributed by atoms with Gasteiger partial charge in [-0.05, 0) is 82.8 Å². The van der Waals surface area contributed by atoms with E-state index < -0.39 is 0 Å². The van der Waals surface area contributed by atoms with E-state index in [-0.39, 0.29) is 0 Å². The van der Waals surface area contributed by atoms with Gasteiger partial charge < -0.3 is 0 Å². The molecule has 0 aliphatic heterocycles. The number of hydrogen-bond donors (Lipinski definition) is 0. The Hall–Kier alpha value is -0.780. The Kier molecular flexibility index (Phi) is 5.61. The fourth-order valence-electron chi connectivity index (χ4n) is 6.47. The molecule has 0 nitrogen and oxygen atoms in total. The van der Waals surface area contributed by atoms with Crippen molar-refractivity contribution < 1.29 is 0 Å². The quantitative estimate of drug-likeness (QED) is 0.473. The van der Waals surface area contributed by atoms with Crippen molar-refractivity contribution in [3.8, 4) is 0 Å². The van der Waals surface area contributed by atoms with Gasteiger partial charge in [0, 0.05) is 0 Å². The number of hydrogen-bond acceptors (Lipinski definition) is 0. The first kappa shape index (κ1) is 20.9. The van der Waals surface area contributed by atoms with Gasteiger partial charge in [-0.3, -0.25) is 0 Å². The first-order chi connectivity index (χ1) is 12.7. The lowest BCUT2D eigenvalue weighted by Crippen LogP contribution is -2.37. The second-order valence-electron chi connectivity index (χ2n) is 10.9. The molecule has 1 aromatic carbocycles. The predicted octanol–water partition coefficient (Wildman–Crippen LogP) is 8.38. The summed E-state index contributed by atoms with van der Waals surface area (Å²) in [7, 11) is 0. The van der Waals surface area contributed by atoms with Crippen LogP contribution in [0.15, 0.2) is 18.2 Å². The third-order valence-electron chi connectivity index (χ3n) is 9.78. The average Bonchev–Trinajstić information content (AvgIpc) is 2.93. The molecule has 1 saturated carbocycles. The maximum Gasteiger partial charge on any atom is -0.00664 e. The van der Waals surface area contributed by atoms with Crippen molar-refractivity contribution in [3.63, 3.8) is 0 Å². The highest BCUT2D eigenvalue weighted by atomic mass is 14.5. The van der Waals surface area contributed by atoms with E-state index in [1.807, 2.05) is 0 Å². The molecule has 0 bridgehead atoms. The van der Waals surface area contributed by atoms with Crippen molar-refractivity contribution in [3.05, 3.63) is 34.9 Å². The predicted molar refractivity (Wildman–Crippen MR) is 120 cm³/mol. The van der Waals surface area contributed by atoms with Gasteiger partial charge in [0.05, 0.1) is 0 Å². The standard InChI is InChI=1S/C27H44/c1-9-26(7,10-2)19-13-15-21-22-16-14-20(27(8,11-3)12-4)18-24(22)25(5,6)23(21)17-19/h13,15,17,20,22,24H,9-12,14,16,18H2,1-8H3. The zero-order valence-electron chi connectivity index (χ0n) is 19.4. The SMILES string of the molecule is CCC(C)(CC)c1ccc2c(c1)C(C)(C)C1CC(C(C)(CC)CC)CCC21. The maximum atomic E-state index is 2.62. The van der Waals surface area contributed by atoms with Gasteiger partial charge in [0.15, 0.2) is 0 Å². The van der Waals surface area contributed by atoms with Crippen molar-refractivity contribution in [2.24, 2.45) is 17.3 Å². The number of rotatable bonds is 6. The highest BCUT2D eigenvalue weighted by molar-refractivity contribution is 5.47. The molecule has 1 aromatic rings. The monoisotopic (exact) mass is 368 g/mol. The summed E-state index contributed by atoms with van der Waals surface area (Å²) in [6.07, 6.45) is 9.37.